The predicted octanol–water partition coefficient (Wildman–Crippen LogP) is 3.46. The number of hydrogen-bond donors (Lipinski definition) is 1. The molecule has 1 heterocycles. The molecule has 1 aromatic carbocycles. The van der Waals surface area contributed by atoms with E-state index in [0.29, 0.717) is 6.54 Å². The summed E-state index contributed by atoms with van der Waals surface area (Å²) in [6, 6.07) is 11.8. The van der Waals surface area contributed by atoms with Gasteiger partial charge in [0.2, 0.25) is 0 Å². The molecule has 88 valence electrons. The second kappa shape index (κ2) is 5.68. The van der Waals surface area contributed by atoms with Crippen LogP contribution < -0.4 is 10.1 Å². The van der Waals surface area contributed by atoms with E-state index in [1.54, 1.807) is 13.3 Å². The van der Waals surface area contributed by atoms with E-state index in [2.05, 4.69) is 26.2 Å². The molecule has 0 saturated carbocycles. The summed E-state index contributed by atoms with van der Waals surface area (Å²) in [5, 5.41) is 3.33. The average Bonchev–Trinajstić information content (AvgIpc) is 2.38. The number of para-hydroxylation sites is 2. The number of methoxy groups -OCH3 is 1. The van der Waals surface area contributed by atoms with Gasteiger partial charge in [0, 0.05) is 18.3 Å². The Hall–Kier alpha value is -1.55. The monoisotopic (exact) mass is 292 g/mol. The van der Waals surface area contributed by atoms with Crippen molar-refractivity contribution in [2.45, 2.75) is 6.54 Å². The van der Waals surface area contributed by atoms with Crippen molar-refractivity contribution >= 4 is 21.6 Å². The fraction of sp³-hybridized carbons (Fsp3) is 0.154. The molecule has 0 amide bonds. The highest BCUT2D eigenvalue weighted by molar-refractivity contribution is 9.10. The Kier molecular flexibility index (Phi) is 3.98. The number of benzene rings is 1. The standard InChI is InChI=1S/C13H13BrN2O/c1-17-12-7-3-2-6-11(12)16-9-10-5-4-8-15-13(10)14/h2-8,16H,9H2,1H3. The minimum absolute atomic E-state index is 0.703. The third-order valence-corrected chi connectivity index (χ3v) is 3.13. The summed E-state index contributed by atoms with van der Waals surface area (Å²) in [6.45, 7) is 0.703. The Balaban J connectivity index is 2.10. The fourth-order valence-electron chi connectivity index (χ4n) is 1.53. The van der Waals surface area contributed by atoms with Gasteiger partial charge in [-0.1, -0.05) is 18.2 Å². The lowest BCUT2D eigenvalue weighted by Crippen LogP contribution is -2.02. The zero-order valence-corrected chi connectivity index (χ0v) is 11.1. The molecule has 0 unspecified atom stereocenters. The van der Waals surface area contributed by atoms with Crippen LogP contribution in [0.4, 0.5) is 5.69 Å². The average molecular weight is 293 g/mol. The molecule has 0 aliphatic carbocycles. The van der Waals surface area contributed by atoms with Crippen LogP contribution in [0.1, 0.15) is 5.56 Å². The molecular weight excluding hydrogens is 280 g/mol. The molecule has 0 bridgehead atoms. The Bertz CT molecular complexity index is 502. The van der Waals surface area contributed by atoms with Crippen molar-refractivity contribution in [3.63, 3.8) is 0 Å². The summed E-state index contributed by atoms with van der Waals surface area (Å²) < 4.78 is 6.14. The van der Waals surface area contributed by atoms with Gasteiger partial charge >= 0.3 is 0 Å². The maximum absolute atomic E-state index is 5.27. The van der Waals surface area contributed by atoms with Crippen LogP contribution in [-0.2, 0) is 6.54 Å². The Morgan fingerprint density at radius 2 is 2.06 bits per heavy atom. The molecule has 17 heavy (non-hydrogen) atoms. The molecule has 2 aromatic rings. The first kappa shape index (κ1) is 11.9. The molecule has 0 spiro atoms. The third kappa shape index (κ3) is 2.97. The number of halogens is 1. The van der Waals surface area contributed by atoms with Crippen molar-refractivity contribution in [2.24, 2.45) is 0 Å². The number of anilines is 1. The third-order valence-electron chi connectivity index (χ3n) is 2.41. The summed E-state index contributed by atoms with van der Waals surface area (Å²) >= 11 is 3.42. The number of pyridine rings is 1. The number of nitrogens with zero attached hydrogens (tertiary/aromatic N) is 1. The minimum Gasteiger partial charge on any atom is -0.495 e. The molecule has 3 nitrogen and oxygen atoms in total. The summed E-state index contributed by atoms with van der Waals surface area (Å²) in [5.74, 6) is 0.840. The minimum atomic E-state index is 0.703. The van der Waals surface area contributed by atoms with Gasteiger partial charge in [-0.05, 0) is 34.1 Å². The number of ether oxygens (including phenoxy) is 1. The first-order chi connectivity index (χ1) is 8.31. The lowest BCUT2D eigenvalue weighted by molar-refractivity contribution is 0.416. The highest BCUT2D eigenvalue weighted by atomic mass is 79.9. The fourth-order valence-corrected chi connectivity index (χ4v) is 1.92. The number of aromatic nitrogens is 1. The van der Waals surface area contributed by atoms with E-state index in [1.807, 2.05) is 36.4 Å². The van der Waals surface area contributed by atoms with Gasteiger partial charge in [-0.3, -0.25) is 0 Å². The van der Waals surface area contributed by atoms with Crippen molar-refractivity contribution < 1.29 is 4.74 Å². The number of rotatable bonds is 4. The van der Waals surface area contributed by atoms with E-state index in [9.17, 15) is 0 Å². The molecule has 0 aliphatic rings. The van der Waals surface area contributed by atoms with Crippen LogP contribution in [0.25, 0.3) is 0 Å². The second-order valence-electron chi connectivity index (χ2n) is 3.51. The van der Waals surface area contributed by atoms with Crippen LogP contribution in [0.3, 0.4) is 0 Å². The van der Waals surface area contributed by atoms with Gasteiger partial charge in [0.25, 0.3) is 0 Å². The van der Waals surface area contributed by atoms with Crippen molar-refractivity contribution in [1.82, 2.24) is 4.98 Å². The second-order valence-corrected chi connectivity index (χ2v) is 4.26. The summed E-state index contributed by atoms with van der Waals surface area (Å²) in [4.78, 5) is 4.18. The van der Waals surface area contributed by atoms with Gasteiger partial charge in [-0.25, -0.2) is 4.98 Å². The molecule has 0 fully saturated rings. The molecule has 4 heteroatoms. The van der Waals surface area contributed by atoms with E-state index >= 15 is 0 Å². The Morgan fingerprint density at radius 1 is 1.24 bits per heavy atom. The highest BCUT2D eigenvalue weighted by Crippen LogP contribution is 2.24. The normalized spacial score (nSPS) is 10.0. The first-order valence-corrected chi connectivity index (χ1v) is 6.07. The van der Waals surface area contributed by atoms with Gasteiger partial charge in [0.05, 0.1) is 12.8 Å². The number of hydrogen-bond acceptors (Lipinski definition) is 3. The molecule has 2 rings (SSSR count). The molecule has 0 atom stereocenters. The van der Waals surface area contributed by atoms with Crippen LogP contribution in [-0.4, -0.2) is 12.1 Å². The van der Waals surface area contributed by atoms with Gasteiger partial charge in [-0.2, -0.15) is 0 Å². The smallest absolute Gasteiger partial charge is 0.141 e. The van der Waals surface area contributed by atoms with Crippen LogP contribution in [0.15, 0.2) is 47.2 Å². The van der Waals surface area contributed by atoms with Crippen molar-refractivity contribution in [1.29, 1.82) is 0 Å². The molecule has 1 aromatic heterocycles. The van der Waals surface area contributed by atoms with E-state index in [0.717, 1.165) is 21.6 Å². The summed E-state index contributed by atoms with van der Waals surface area (Å²) in [6.07, 6.45) is 1.76. The van der Waals surface area contributed by atoms with Crippen molar-refractivity contribution in [3.05, 3.63) is 52.8 Å². The number of nitrogens with one attached hydrogen (secondary N) is 1. The molecule has 0 saturated heterocycles. The van der Waals surface area contributed by atoms with Crippen LogP contribution in [0, 0.1) is 0 Å². The maximum Gasteiger partial charge on any atom is 0.141 e. The van der Waals surface area contributed by atoms with Crippen LogP contribution in [0.2, 0.25) is 0 Å². The van der Waals surface area contributed by atoms with E-state index in [4.69, 9.17) is 4.74 Å². The molecular formula is C13H13BrN2O. The Morgan fingerprint density at radius 3 is 2.82 bits per heavy atom. The van der Waals surface area contributed by atoms with E-state index < -0.39 is 0 Å². The van der Waals surface area contributed by atoms with Crippen LogP contribution in [0.5, 0.6) is 5.75 Å². The van der Waals surface area contributed by atoms with Gasteiger partial charge in [-0.15, -0.1) is 0 Å². The zero-order valence-electron chi connectivity index (χ0n) is 9.48. The zero-order chi connectivity index (χ0) is 12.1. The van der Waals surface area contributed by atoms with Crippen molar-refractivity contribution in [3.8, 4) is 5.75 Å². The topological polar surface area (TPSA) is 34.1 Å². The first-order valence-electron chi connectivity index (χ1n) is 5.27. The van der Waals surface area contributed by atoms with E-state index in [-0.39, 0.29) is 0 Å². The quantitative estimate of drug-likeness (QED) is 0.877. The van der Waals surface area contributed by atoms with Crippen LogP contribution >= 0.6 is 15.9 Å². The SMILES string of the molecule is COc1ccccc1NCc1cccnc1Br. The Labute approximate surface area is 109 Å². The van der Waals surface area contributed by atoms with E-state index in [1.165, 1.54) is 0 Å². The predicted molar refractivity (Wildman–Crippen MR) is 72.3 cm³/mol. The summed E-state index contributed by atoms with van der Waals surface area (Å²) in [5.41, 5.74) is 2.09. The van der Waals surface area contributed by atoms with Gasteiger partial charge in [0.1, 0.15) is 10.4 Å². The lowest BCUT2D eigenvalue weighted by Gasteiger charge is -2.11. The lowest BCUT2D eigenvalue weighted by atomic mass is 10.2. The highest BCUT2D eigenvalue weighted by Gasteiger charge is 2.03. The van der Waals surface area contributed by atoms with Gasteiger partial charge in [0.15, 0.2) is 0 Å². The maximum atomic E-state index is 5.27. The largest absolute Gasteiger partial charge is 0.495 e. The molecule has 1 N–H and O–H groups in total. The summed E-state index contributed by atoms with van der Waals surface area (Å²) in [7, 11) is 1.67. The van der Waals surface area contributed by atoms with Crippen molar-refractivity contribution in [2.75, 3.05) is 12.4 Å². The van der Waals surface area contributed by atoms with Gasteiger partial charge < -0.3 is 10.1 Å². The molecule has 0 radical (unpaired) electrons. The molecule has 0 aliphatic heterocycles.